The first-order valence-corrected chi connectivity index (χ1v) is 10.2. The summed E-state index contributed by atoms with van der Waals surface area (Å²) < 4.78 is 5.83. The van der Waals surface area contributed by atoms with Crippen LogP contribution < -0.4 is 5.32 Å². The molecule has 7 heteroatoms. The number of aliphatic hydroxyl groups is 3. The Labute approximate surface area is 157 Å². The second-order valence-corrected chi connectivity index (χ2v) is 10.6. The molecule has 0 aromatic carbocycles. The van der Waals surface area contributed by atoms with Crippen molar-refractivity contribution in [2.75, 3.05) is 13.2 Å². The summed E-state index contributed by atoms with van der Waals surface area (Å²) in [6.45, 7) is 4.54. The number of ether oxygens (including phenoxy) is 1. The maximum absolute atomic E-state index is 13.7. The second kappa shape index (κ2) is 4.33. The molecule has 0 radical (unpaired) electrons. The molecule has 0 aromatic heterocycles. The minimum absolute atomic E-state index is 0.0140. The molecule has 3 spiro atoms. The van der Waals surface area contributed by atoms with Crippen molar-refractivity contribution in [2.45, 2.75) is 63.1 Å². The summed E-state index contributed by atoms with van der Waals surface area (Å²) in [6, 6.07) is 0. The van der Waals surface area contributed by atoms with Gasteiger partial charge in [-0.3, -0.25) is 9.59 Å². The summed E-state index contributed by atoms with van der Waals surface area (Å²) in [7, 11) is 0. The van der Waals surface area contributed by atoms with Crippen molar-refractivity contribution in [3.8, 4) is 0 Å². The zero-order valence-electron chi connectivity index (χ0n) is 15.7. The van der Waals surface area contributed by atoms with Crippen LogP contribution in [-0.2, 0) is 14.3 Å². The van der Waals surface area contributed by atoms with Crippen molar-refractivity contribution in [3.63, 3.8) is 0 Å². The second-order valence-electron chi connectivity index (χ2n) is 10.6. The van der Waals surface area contributed by atoms with Gasteiger partial charge in [-0.05, 0) is 30.6 Å². The van der Waals surface area contributed by atoms with Crippen LogP contribution in [0, 0.1) is 34.0 Å². The summed E-state index contributed by atoms with van der Waals surface area (Å²) in [5, 5.41) is 37.6. The summed E-state index contributed by atoms with van der Waals surface area (Å²) in [4.78, 5) is 27.1. The first kappa shape index (κ1) is 17.0. The van der Waals surface area contributed by atoms with Crippen LogP contribution in [-0.4, -0.2) is 63.6 Å². The average Bonchev–Trinajstić information content (AvgIpc) is 3.40. The number of nitrogens with one attached hydrogen (secondary N) is 1. The molecule has 7 fully saturated rings. The van der Waals surface area contributed by atoms with Crippen LogP contribution in [0.2, 0.25) is 0 Å². The van der Waals surface area contributed by atoms with Gasteiger partial charge >= 0.3 is 0 Å². The van der Waals surface area contributed by atoms with Crippen LogP contribution in [0.25, 0.3) is 0 Å². The van der Waals surface area contributed by atoms with E-state index in [0.29, 0.717) is 32.2 Å². The van der Waals surface area contributed by atoms with Crippen molar-refractivity contribution >= 4 is 11.6 Å². The molecule has 3 aliphatic heterocycles. The van der Waals surface area contributed by atoms with Crippen LogP contribution in [0.3, 0.4) is 0 Å². The first-order valence-electron chi connectivity index (χ1n) is 10.2. The van der Waals surface area contributed by atoms with Crippen LogP contribution in [0.5, 0.6) is 0 Å². The molecule has 4 aliphatic carbocycles. The van der Waals surface area contributed by atoms with Gasteiger partial charge in [-0.1, -0.05) is 13.8 Å². The number of hydrogen-bond donors (Lipinski definition) is 4. The zero-order valence-corrected chi connectivity index (χ0v) is 15.7. The van der Waals surface area contributed by atoms with E-state index in [2.05, 4.69) is 5.32 Å². The fraction of sp³-hybridized carbons (Fsp3) is 0.900. The van der Waals surface area contributed by atoms with E-state index in [9.17, 15) is 24.9 Å². The standard InChI is InChI=1S/C20H27NO6/c1-16(2)6-5-11(22)17-8-27-20(26,14(24)12(16)17)19-10(17)4-3-9(13(19)23)18(7-21-18)15(19)25/h9-10,12-14,21,23-24,26H,3-8H2,1-2H3/t9-,10?,12?,13-,14+,17-,18?,19-,20+/m1/s1. The third-order valence-corrected chi connectivity index (χ3v) is 9.51. The molecule has 9 atom stereocenters. The van der Waals surface area contributed by atoms with E-state index < -0.39 is 46.2 Å². The summed E-state index contributed by atoms with van der Waals surface area (Å²) in [6.07, 6.45) is -0.256. The van der Waals surface area contributed by atoms with Gasteiger partial charge in [-0.15, -0.1) is 0 Å². The molecule has 0 amide bonds. The average molecular weight is 377 g/mol. The van der Waals surface area contributed by atoms with Gasteiger partial charge in [-0.25, -0.2) is 0 Å². The Morgan fingerprint density at radius 2 is 1.85 bits per heavy atom. The van der Waals surface area contributed by atoms with Crippen LogP contribution in [0.15, 0.2) is 0 Å². The van der Waals surface area contributed by atoms with Gasteiger partial charge in [-0.2, -0.15) is 0 Å². The van der Waals surface area contributed by atoms with E-state index in [4.69, 9.17) is 4.74 Å². The molecule has 4 N–H and O–H groups in total. The molecule has 27 heavy (non-hydrogen) atoms. The van der Waals surface area contributed by atoms with Gasteiger partial charge < -0.3 is 25.4 Å². The third kappa shape index (κ3) is 1.37. The zero-order chi connectivity index (χ0) is 19.2. The molecule has 0 aromatic rings. The van der Waals surface area contributed by atoms with Gasteiger partial charge in [0.15, 0.2) is 5.78 Å². The predicted molar refractivity (Wildman–Crippen MR) is 91.2 cm³/mol. The molecule has 148 valence electrons. The van der Waals surface area contributed by atoms with E-state index in [1.165, 1.54) is 0 Å². The maximum Gasteiger partial charge on any atom is 0.208 e. The van der Waals surface area contributed by atoms with Crippen molar-refractivity contribution < 1.29 is 29.6 Å². The number of fused-ring (bicyclic) bond motifs is 3. The third-order valence-electron chi connectivity index (χ3n) is 9.51. The molecule has 3 heterocycles. The van der Waals surface area contributed by atoms with Gasteiger partial charge in [0.1, 0.15) is 17.3 Å². The van der Waals surface area contributed by atoms with Gasteiger partial charge in [0.25, 0.3) is 0 Å². The van der Waals surface area contributed by atoms with Crippen LogP contribution in [0.4, 0.5) is 0 Å². The van der Waals surface area contributed by atoms with E-state index in [-0.39, 0.29) is 29.5 Å². The molecular weight excluding hydrogens is 350 g/mol. The Balaban J connectivity index is 1.65. The largest absolute Gasteiger partial charge is 0.391 e. The number of carbonyl (C=O) groups is 2. The molecule has 7 rings (SSSR count). The molecule has 3 saturated heterocycles. The minimum atomic E-state index is -2.15. The number of rotatable bonds is 0. The SMILES string of the molecule is CC1(C)CCC(=O)[C@]23CO[C@@](O)([C@@H](O)C12)[C@]12C(=O)C4(CN4)[C@H](CCC31)[C@H]2O. The number of ketones is 2. The van der Waals surface area contributed by atoms with E-state index in [1.807, 2.05) is 13.8 Å². The topological polar surface area (TPSA) is 126 Å². The number of aliphatic hydroxyl groups excluding tert-OH is 2. The summed E-state index contributed by atoms with van der Waals surface area (Å²) >= 11 is 0. The highest BCUT2D eigenvalue weighted by atomic mass is 16.6. The summed E-state index contributed by atoms with van der Waals surface area (Å²) in [5.74, 6) is -3.68. The first-order chi connectivity index (χ1) is 12.6. The van der Waals surface area contributed by atoms with Crippen molar-refractivity contribution in [2.24, 2.45) is 34.0 Å². The van der Waals surface area contributed by atoms with E-state index >= 15 is 0 Å². The fourth-order valence-corrected chi connectivity index (χ4v) is 8.40. The lowest BCUT2D eigenvalue weighted by atomic mass is 9.36. The molecule has 4 saturated carbocycles. The molecular formula is C20H27NO6. The summed E-state index contributed by atoms with van der Waals surface area (Å²) in [5.41, 5.74) is -3.85. The van der Waals surface area contributed by atoms with Gasteiger partial charge in [0, 0.05) is 24.8 Å². The molecule has 7 aliphatic rings. The smallest absolute Gasteiger partial charge is 0.208 e. The predicted octanol–water partition coefficient (Wildman–Crippen LogP) is -0.630. The monoisotopic (exact) mass is 377 g/mol. The Hall–Kier alpha value is -0.860. The Kier molecular flexibility index (Phi) is 2.73. The van der Waals surface area contributed by atoms with Crippen molar-refractivity contribution in [1.29, 1.82) is 0 Å². The van der Waals surface area contributed by atoms with Crippen LogP contribution >= 0.6 is 0 Å². The molecule has 3 unspecified atom stereocenters. The fourth-order valence-electron chi connectivity index (χ4n) is 8.40. The number of Topliss-reactive ketones (excluding diaryl/α,β-unsaturated/α-hetero) is 2. The molecule has 7 nitrogen and oxygen atoms in total. The lowest BCUT2D eigenvalue weighted by Gasteiger charge is -2.72. The van der Waals surface area contributed by atoms with E-state index in [1.54, 1.807) is 0 Å². The highest BCUT2D eigenvalue weighted by Gasteiger charge is 2.91. The van der Waals surface area contributed by atoms with Gasteiger partial charge in [0.05, 0.1) is 23.7 Å². The van der Waals surface area contributed by atoms with Gasteiger partial charge in [0.2, 0.25) is 5.79 Å². The lowest BCUT2D eigenvalue weighted by Crippen LogP contribution is -2.85. The minimum Gasteiger partial charge on any atom is -0.391 e. The lowest BCUT2D eigenvalue weighted by molar-refractivity contribution is -0.437. The van der Waals surface area contributed by atoms with E-state index in [0.717, 1.165) is 0 Å². The number of carbonyl (C=O) groups excluding carboxylic acids is 2. The van der Waals surface area contributed by atoms with Crippen molar-refractivity contribution in [3.05, 3.63) is 0 Å². The quantitative estimate of drug-likeness (QED) is 0.414. The Morgan fingerprint density at radius 1 is 1.15 bits per heavy atom. The van der Waals surface area contributed by atoms with Crippen molar-refractivity contribution in [1.82, 2.24) is 5.32 Å². The Bertz CT molecular complexity index is 791. The molecule has 4 bridgehead atoms. The maximum atomic E-state index is 13.7. The number of hydrogen-bond acceptors (Lipinski definition) is 7. The Morgan fingerprint density at radius 3 is 2.52 bits per heavy atom. The van der Waals surface area contributed by atoms with Crippen LogP contribution in [0.1, 0.15) is 39.5 Å². The highest BCUT2D eigenvalue weighted by Crippen LogP contribution is 2.76. The normalized spacial score (nSPS) is 62.5. The highest BCUT2D eigenvalue weighted by molar-refractivity contribution is 6.03.